The summed E-state index contributed by atoms with van der Waals surface area (Å²) >= 11 is 0.913. The van der Waals surface area contributed by atoms with Crippen LogP contribution in [0, 0.1) is 5.41 Å². The number of amides is 2. The summed E-state index contributed by atoms with van der Waals surface area (Å²) in [6.45, 7) is 0.241. The number of benzene rings is 1. The van der Waals surface area contributed by atoms with Crippen LogP contribution in [0.1, 0.15) is 32.1 Å². The first-order valence-electron chi connectivity index (χ1n) is 16.9. The molecule has 0 aliphatic carbocycles. The zero-order valence-electron chi connectivity index (χ0n) is 30.9. The third-order valence-electron chi connectivity index (χ3n) is 8.08. The van der Waals surface area contributed by atoms with Crippen LogP contribution >= 0.6 is 35.2 Å². The van der Waals surface area contributed by atoms with E-state index in [9.17, 15) is 68.1 Å². The largest absolute Gasteiger partial charge is 0.508 e. The van der Waals surface area contributed by atoms with Gasteiger partial charge in [-0.05, 0) is 17.7 Å². The van der Waals surface area contributed by atoms with E-state index in [0.717, 1.165) is 35.0 Å². The maximum Gasteiger partial charge on any atom is 0.481 e. The number of aliphatic hydroxyl groups is 2. The molecule has 0 radical (unpaired) electrons. The second-order valence-electron chi connectivity index (χ2n) is 13.3. The summed E-state index contributed by atoms with van der Waals surface area (Å²) in [5, 5.41) is 45.1. The molecule has 2 aromatic heterocycles. The van der Waals surface area contributed by atoms with E-state index in [2.05, 4.69) is 34.4 Å². The Bertz CT molecular complexity index is 2120. The van der Waals surface area contributed by atoms with E-state index < -0.39 is 84.6 Å². The van der Waals surface area contributed by atoms with Gasteiger partial charge in [-0.3, -0.25) is 32.5 Å². The molecular formula is C29H42N7O19P3S. The van der Waals surface area contributed by atoms with E-state index in [-0.39, 0.29) is 65.3 Å². The predicted molar refractivity (Wildman–Crippen MR) is 201 cm³/mol. The SMILES string of the molecule is CC(C)(COP(=O)(O)OP(=O)(O)OC[C@H]1O[C@@H](n2cnc3c(N)ncnc32)[C@H](O)[C@@H]1OP(=O)(O)O)[C@@H](O)C(=O)NCCC(=O)NCCSC(=O)Cc1cc(O)cc(O)c1. The molecule has 328 valence electrons. The lowest BCUT2D eigenvalue weighted by Gasteiger charge is -2.30. The number of carbonyl (C=O) groups is 3. The topological polar surface area (TPSA) is 404 Å². The molecule has 0 spiro atoms. The number of aromatic nitrogens is 4. The quantitative estimate of drug-likeness (QED) is 0.0466. The highest BCUT2D eigenvalue weighted by atomic mass is 32.2. The average molecular weight is 918 g/mol. The number of phosphoric acid groups is 3. The highest BCUT2D eigenvalue weighted by molar-refractivity contribution is 8.13. The number of phenolic OH excluding ortho intramolecular Hbond substituents is 2. The standard InChI is InChI=1S/C29H42N7O19P3S/c1-29(2,24(42)27(43)32-4-3-19(39)31-5-6-59-20(40)9-15-7-16(37)10-17(38)8-15)12-52-58(49,50)55-57(47,48)51-11-18-23(54-56(44,45)46)22(41)28(53-18)36-14-35-21-25(30)33-13-34-26(21)36/h7-8,10,13-14,18,22-24,28,37-38,41-42H,3-6,9,11-12H2,1-2H3,(H,31,39)(H,32,43)(H,47,48)(H,49,50)(H2,30,33,34)(H2,44,45,46)/t18-,22-,23-,24+,28-/m1/s1. The highest BCUT2D eigenvalue weighted by Crippen LogP contribution is 2.61. The van der Waals surface area contributed by atoms with Crippen LogP contribution in [0.25, 0.3) is 11.2 Å². The van der Waals surface area contributed by atoms with Gasteiger partial charge in [-0.25, -0.2) is 28.6 Å². The predicted octanol–water partition coefficient (Wildman–Crippen LogP) is -0.681. The molecule has 1 aromatic carbocycles. The van der Waals surface area contributed by atoms with Crippen molar-refractivity contribution in [1.82, 2.24) is 30.2 Å². The van der Waals surface area contributed by atoms with E-state index in [4.69, 9.17) is 19.5 Å². The summed E-state index contributed by atoms with van der Waals surface area (Å²) in [7, 11) is -16.5. The second-order valence-corrected chi connectivity index (χ2v) is 18.7. The van der Waals surface area contributed by atoms with Crippen LogP contribution < -0.4 is 16.4 Å². The van der Waals surface area contributed by atoms with Gasteiger partial charge in [0.15, 0.2) is 22.8 Å². The molecule has 2 unspecified atom stereocenters. The van der Waals surface area contributed by atoms with Crippen LogP contribution in [-0.2, 0) is 57.1 Å². The Morgan fingerprint density at radius 3 is 2.32 bits per heavy atom. The first-order chi connectivity index (χ1) is 27.4. The number of imidazole rings is 1. The molecule has 7 atom stereocenters. The van der Waals surface area contributed by atoms with Gasteiger partial charge in [0, 0.05) is 43.2 Å². The summed E-state index contributed by atoms with van der Waals surface area (Å²) in [4.78, 5) is 87.8. The van der Waals surface area contributed by atoms with Crippen molar-refractivity contribution in [3.8, 4) is 11.5 Å². The number of hydrogen-bond acceptors (Lipinski definition) is 20. The van der Waals surface area contributed by atoms with Gasteiger partial charge in [-0.15, -0.1) is 0 Å². The van der Waals surface area contributed by atoms with Gasteiger partial charge in [0.1, 0.15) is 47.8 Å². The number of aromatic hydroxyl groups is 2. The van der Waals surface area contributed by atoms with Crippen molar-refractivity contribution in [1.29, 1.82) is 0 Å². The molecule has 0 saturated carbocycles. The number of anilines is 1. The molecule has 0 bridgehead atoms. The molecule has 2 amide bonds. The molecule has 4 rings (SSSR count). The average Bonchev–Trinajstić information content (AvgIpc) is 3.67. The van der Waals surface area contributed by atoms with Crippen LogP contribution in [-0.4, -0.2) is 133 Å². The van der Waals surface area contributed by atoms with Crippen LogP contribution in [0.4, 0.5) is 5.82 Å². The van der Waals surface area contributed by atoms with Gasteiger partial charge >= 0.3 is 23.5 Å². The maximum absolute atomic E-state index is 12.7. The zero-order valence-corrected chi connectivity index (χ0v) is 34.4. The van der Waals surface area contributed by atoms with Gasteiger partial charge in [0.05, 0.1) is 19.5 Å². The van der Waals surface area contributed by atoms with Crippen LogP contribution in [0.15, 0.2) is 30.9 Å². The second kappa shape index (κ2) is 19.8. The number of nitrogens with two attached hydrogens (primary N) is 1. The van der Waals surface area contributed by atoms with Crippen molar-refractivity contribution < 1.29 is 90.7 Å². The lowest BCUT2D eigenvalue weighted by Crippen LogP contribution is -2.46. The Hall–Kier alpha value is -3.62. The number of rotatable bonds is 21. The van der Waals surface area contributed by atoms with Gasteiger partial charge in [-0.1, -0.05) is 25.6 Å². The molecule has 26 nitrogen and oxygen atoms in total. The number of nitrogen functional groups attached to an aromatic ring is 1. The third-order valence-corrected chi connectivity index (χ3v) is 12.0. The van der Waals surface area contributed by atoms with Gasteiger partial charge in [-0.2, -0.15) is 4.31 Å². The number of carbonyl (C=O) groups excluding carboxylic acids is 3. The summed E-state index contributed by atoms with van der Waals surface area (Å²) in [6, 6.07) is 3.78. The summed E-state index contributed by atoms with van der Waals surface area (Å²) in [5.41, 5.74) is 4.61. The van der Waals surface area contributed by atoms with Crippen LogP contribution in [0.5, 0.6) is 11.5 Å². The van der Waals surface area contributed by atoms with Crippen molar-refractivity contribution in [2.75, 3.05) is 37.8 Å². The fourth-order valence-corrected chi connectivity index (χ4v) is 8.80. The minimum Gasteiger partial charge on any atom is -0.508 e. The number of hydrogen-bond donors (Lipinski definition) is 11. The third kappa shape index (κ3) is 14.2. The maximum atomic E-state index is 12.7. The minimum absolute atomic E-state index is 0.0202. The molecule has 30 heteroatoms. The summed E-state index contributed by atoms with van der Waals surface area (Å²) in [5.74, 6) is -1.76. The fraction of sp³-hybridized carbons (Fsp3) is 0.517. The molecule has 1 aliphatic heterocycles. The Morgan fingerprint density at radius 1 is 1.00 bits per heavy atom. The number of thioether (sulfide) groups is 1. The first kappa shape index (κ1) is 48.1. The lowest BCUT2D eigenvalue weighted by molar-refractivity contribution is -0.137. The van der Waals surface area contributed by atoms with Crippen LogP contribution in [0.3, 0.4) is 0 Å². The summed E-state index contributed by atoms with van der Waals surface area (Å²) in [6.07, 6.45) is -7.15. The van der Waals surface area contributed by atoms with E-state index in [1.807, 2.05) is 0 Å². The highest BCUT2D eigenvalue weighted by Gasteiger charge is 2.50. The fourth-order valence-electron chi connectivity index (χ4n) is 5.27. The van der Waals surface area contributed by atoms with E-state index in [0.29, 0.717) is 5.56 Å². The van der Waals surface area contributed by atoms with Crippen LogP contribution in [0.2, 0.25) is 0 Å². The molecular weight excluding hydrogens is 875 g/mol. The number of phenols is 2. The van der Waals surface area contributed by atoms with Crippen molar-refractivity contribution in [2.24, 2.45) is 5.41 Å². The Balaban J connectivity index is 1.21. The number of nitrogens with one attached hydrogen (secondary N) is 2. The first-order valence-corrected chi connectivity index (χ1v) is 22.4. The molecule has 1 aliphatic rings. The lowest BCUT2D eigenvalue weighted by atomic mass is 9.87. The number of aliphatic hydroxyl groups excluding tert-OH is 2. The normalized spacial score (nSPS) is 21.1. The van der Waals surface area contributed by atoms with Gasteiger partial charge < -0.3 is 61.1 Å². The summed E-state index contributed by atoms with van der Waals surface area (Å²) < 4.78 is 62.1. The number of phosphoric ester groups is 3. The Labute approximate surface area is 337 Å². The van der Waals surface area contributed by atoms with Gasteiger partial charge in [0.25, 0.3) is 0 Å². The van der Waals surface area contributed by atoms with E-state index >= 15 is 0 Å². The zero-order chi connectivity index (χ0) is 43.9. The smallest absolute Gasteiger partial charge is 0.481 e. The molecule has 12 N–H and O–H groups in total. The molecule has 1 fully saturated rings. The minimum atomic E-state index is -5.59. The van der Waals surface area contributed by atoms with Crippen molar-refractivity contribution in [3.05, 3.63) is 36.4 Å². The Kier molecular flexibility index (Phi) is 16.2. The van der Waals surface area contributed by atoms with Crippen molar-refractivity contribution >= 4 is 69.1 Å². The molecule has 3 aromatic rings. The van der Waals surface area contributed by atoms with Crippen molar-refractivity contribution in [3.63, 3.8) is 0 Å². The van der Waals surface area contributed by atoms with E-state index in [1.165, 1.54) is 26.0 Å². The molecule has 59 heavy (non-hydrogen) atoms. The van der Waals surface area contributed by atoms with E-state index in [1.54, 1.807) is 0 Å². The number of fused-ring (bicyclic) bond motifs is 1. The molecule has 1 saturated heterocycles. The van der Waals surface area contributed by atoms with Gasteiger partial charge in [0.2, 0.25) is 11.8 Å². The monoisotopic (exact) mass is 917 g/mol. The van der Waals surface area contributed by atoms with Crippen molar-refractivity contribution in [2.45, 2.75) is 57.3 Å². The Morgan fingerprint density at radius 2 is 1.66 bits per heavy atom. The molecule has 3 heterocycles. The number of ether oxygens (including phenoxy) is 1. The number of nitrogens with zero attached hydrogens (tertiary/aromatic N) is 4.